The smallest absolute Gasteiger partial charge is 0.291 e. The number of methoxy groups -OCH3 is 1. The maximum Gasteiger partial charge on any atom is 0.291 e. The molecule has 1 aromatic carbocycles. The van der Waals surface area contributed by atoms with Crippen LogP contribution in [0.1, 0.15) is 23.8 Å². The summed E-state index contributed by atoms with van der Waals surface area (Å²) in [4.78, 5) is 29.8. The second-order valence-electron chi connectivity index (χ2n) is 5.66. The van der Waals surface area contributed by atoms with Gasteiger partial charge < -0.3 is 4.74 Å². The zero-order valence-electron chi connectivity index (χ0n) is 14.4. The van der Waals surface area contributed by atoms with E-state index in [2.05, 4.69) is 4.98 Å². The van der Waals surface area contributed by atoms with Gasteiger partial charge >= 0.3 is 0 Å². The number of hydrogen-bond acceptors (Lipinski definition) is 5. The Morgan fingerprint density at radius 3 is 2.76 bits per heavy atom. The summed E-state index contributed by atoms with van der Waals surface area (Å²) in [6, 6.07) is 9.17. The highest BCUT2D eigenvalue weighted by atomic mass is 32.2. The largest absolute Gasteiger partial charge is 0.496 e. The van der Waals surface area contributed by atoms with Crippen molar-refractivity contribution in [2.45, 2.75) is 13.3 Å². The molecule has 7 heteroatoms. The molecule has 2 aromatic rings. The third-order valence-corrected chi connectivity index (χ3v) is 4.96. The van der Waals surface area contributed by atoms with E-state index < -0.39 is 0 Å². The molecule has 6 nitrogen and oxygen atoms in total. The highest BCUT2D eigenvalue weighted by Crippen LogP contribution is 2.26. The molecule has 2 amide bonds. The Morgan fingerprint density at radius 2 is 2.00 bits per heavy atom. The van der Waals surface area contributed by atoms with Crippen LogP contribution in [0.2, 0.25) is 0 Å². The summed E-state index contributed by atoms with van der Waals surface area (Å²) in [6.07, 6.45) is 0.777. The first-order chi connectivity index (χ1) is 12.2. The third-order valence-electron chi connectivity index (χ3n) is 4.10. The molecule has 1 aliphatic rings. The first-order valence-electron chi connectivity index (χ1n) is 8.29. The van der Waals surface area contributed by atoms with Gasteiger partial charge in [-0.3, -0.25) is 14.6 Å². The minimum Gasteiger partial charge on any atom is -0.496 e. The van der Waals surface area contributed by atoms with Crippen LogP contribution in [-0.4, -0.2) is 58.5 Å². The summed E-state index contributed by atoms with van der Waals surface area (Å²) in [5.41, 5.74) is 0.988. The maximum absolute atomic E-state index is 13.0. The number of para-hydroxylation sites is 1. The van der Waals surface area contributed by atoms with Crippen molar-refractivity contribution < 1.29 is 14.3 Å². The number of nitrogens with zero attached hydrogens (tertiary/aromatic N) is 3. The first-order valence-corrected chi connectivity index (χ1v) is 9.44. The van der Waals surface area contributed by atoms with E-state index in [1.54, 1.807) is 29.9 Å². The number of carbonyl (C=O) groups excluding carboxylic acids is 2. The van der Waals surface area contributed by atoms with Crippen molar-refractivity contribution in [1.82, 2.24) is 15.0 Å². The second-order valence-corrected chi connectivity index (χ2v) is 6.94. The van der Waals surface area contributed by atoms with Crippen molar-refractivity contribution in [1.29, 1.82) is 0 Å². The van der Waals surface area contributed by atoms with Crippen molar-refractivity contribution in [3.05, 3.63) is 36.0 Å². The first kappa shape index (κ1) is 17.5. The fraction of sp³-hybridized carbons (Fsp3) is 0.389. The van der Waals surface area contributed by atoms with Gasteiger partial charge in [0.1, 0.15) is 11.4 Å². The lowest BCUT2D eigenvalue weighted by Gasteiger charge is -2.27. The molecule has 0 aliphatic carbocycles. The maximum atomic E-state index is 13.0. The number of ether oxygens (including phenoxy) is 1. The number of benzene rings is 1. The predicted octanol–water partition coefficient (Wildman–Crippen LogP) is 2.59. The van der Waals surface area contributed by atoms with Crippen LogP contribution in [0.15, 0.2) is 30.3 Å². The number of pyridine rings is 1. The van der Waals surface area contributed by atoms with Crippen molar-refractivity contribution >= 4 is 34.5 Å². The predicted molar refractivity (Wildman–Crippen MR) is 98.7 cm³/mol. The molecular weight excluding hydrogens is 338 g/mol. The molecule has 0 atom stereocenters. The lowest BCUT2D eigenvalue weighted by Crippen LogP contribution is -2.45. The fourth-order valence-electron chi connectivity index (χ4n) is 2.90. The molecule has 0 saturated carbocycles. The SMILES string of the molecule is CCSCC(=O)N1CCCN1C(=O)c1cc(OC)c2ccccc2n1. The van der Waals surface area contributed by atoms with E-state index in [9.17, 15) is 9.59 Å². The van der Waals surface area contributed by atoms with Gasteiger partial charge in [0.15, 0.2) is 0 Å². The van der Waals surface area contributed by atoms with E-state index in [1.165, 1.54) is 5.01 Å². The number of thioether (sulfide) groups is 1. The molecule has 132 valence electrons. The Labute approximate surface area is 151 Å². The summed E-state index contributed by atoms with van der Waals surface area (Å²) in [6.45, 7) is 3.11. The van der Waals surface area contributed by atoms with Gasteiger partial charge in [-0.2, -0.15) is 11.8 Å². The highest BCUT2D eigenvalue weighted by molar-refractivity contribution is 7.99. The Balaban J connectivity index is 1.89. The lowest BCUT2D eigenvalue weighted by atomic mass is 10.1. The number of hydrazine groups is 1. The number of amides is 2. The molecule has 0 N–H and O–H groups in total. The molecule has 1 fully saturated rings. The zero-order valence-corrected chi connectivity index (χ0v) is 15.2. The van der Waals surface area contributed by atoms with Crippen LogP contribution in [-0.2, 0) is 4.79 Å². The number of hydrogen-bond donors (Lipinski definition) is 0. The summed E-state index contributed by atoms with van der Waals surface area (Å²) < 4.78 is 5.41. The molecule has 0 spiro atoms. The van der Waals surface area contributed by atoms with Crippen molar-refractivity contribution in [2.75, 3.05) is 31.7 Å². The quantitative estimate of drug-likeness (QED) is 0.821. The Hall–Kier alpha value is -2.28. The van der Waals surface area contributed by atoms with Gasteiger partial charge in [-0.15, -0.1) is 0 Å². The Bertz CT molecular complexity index is 796. The number of aromatic nitrogens is 1. The molecule has 0 bridgehead atoms. The van der Waals surface area contributed by atoms with Gasteiger partial charge in [-0.05, 0) is 24.3 Å². The number of rotatable bonds is 5. The summed E-state index contributed by atoms with van der Waals surface area (Å²) in [5, 5.41) is 3.92. The van der Waals surface area contributed by atoms with Gasteiger partial charge in [0, 0.05) is 24.5 Å². The van der Waals surface area contributed by atoms with Crippen LogP contribution in [0.3, 0.4) is 0 Å². The van der Waals surface area contributed by atoms with Gasteiger partial charge in [0.05, 0.1) is 18.4 Å². The molecule has 1 aromatic heterocycles. The summed E-state index contributed by atoms with van der Waals surface area (Å²) in [7, 11) is 1.57. The normalized spacial score (nSPS) is 14.2. The molecule has 1 aliphatic heterocycles. The summed E-state index contributed by atoms with van der Waals surface area (Å²) >= 11 is 1.56. The molecule has 3 rings (SSSR count). The van der Waals surface area contributed by atoms with Gasteiger partial charge in [-0.1, -0.05) is 19.1 Å². The Morgan fingerprint density at radius 1 is 1.24 bits per heavy atom. The second kappa shape index (κ2) is 7.74. The number of fused-ring (bicyclic) bond motifs is 1. The van der Waals surface area contributed by atoms with E-state index in [1.807, 2.05) is 31.2 Å². The third kappa shape index (κ3) is 3.56. The average molecular weight is 359 g/mol. The van der Waals surface area contributed by atoms with Crippen LogP contribution < -0.4 is 4.74 Å². The van der Waals surface area contributed by atoms with Crippen molar-refractivity contribution in [2.24, 2.45) is 0 Å². The molecule has 0 unspecified atom stereocenters. The van der Waals surface area contributed by atoms with Crippen molar-refractivity contribution in [3.63, 3.8) is 0 Å². The van der Waals surface area contributed by atoms with E-state index in [0.717, 1.165) is 17.6 Å². The van der Waals surface area contributed by atoms with Crippen LogP contribution in [0, 0.1) is 0 Å². The minimum atomic E-state index is -0.267. The van der Waals surface area contributed by atoms with Crippen LogP contribution >= 0.6 is 11.8 Å². The van der Waals surface area contributed by atoms with Gasteiger partial charge in [-0.25, -0.2) is 9.99 Å². The monoisotopic (exact) mass is 359 g/mol. The molecule has 2 heterocycles. The summed E-state index contributed by atoms with van der Waals surface area (Å²) in [5.74, 6) is 1.56. The highest BCUT2D eigenvalue weighted by Gasteiger charge is 2.32. The van der Waals surface area contributed by atoms with Crippen molar-refractivity contribution in [3.8, 4) is 5.75 Å². The topological polar surface area (TPSA) is 62.7 Å². The number of carbonyl (C=O) groups is 2. The average Bonchev–Trinajstić information content (AvgIpc) is 3.14. The van der Waals surface area contributed by atoms with E-state index in [0.29, 0.717) is 35.8 Å². The molecule has 0 radical (unpaired) electrons. The van der Waals surface area contributed by atoms with Gasteiger partial charge in [0.2, 0.25) is 0 Å². The lowest BCUT2D eigenvalue weighted by molar-refractivity contribution is -0.137. The molecule has 1 saturated heterocycles. The van der Waals surface area contributed by atoms with E-state index >= 15 is 0 Å². The minimum absolute atomic E-state index is 0.0366. The van der Waals surface area contributed by atoms with Crippen LogP contribution in [0.4, 0.5) is 0 Å². The standard InChI is InChI=1S/C18H21N3O3S/c1-3-25-12-17(22)20-9-6-10-21(20)18(23)15-11-16(24-2)13-7-4-5-8-14(13)19-15/h4-5,7-8,11H,3,6,9-10,12H2,1-2H3. The van der Waals surface area contributed by atoms with E-state index in [4.69, 9.17) is 4.74 Å². The van der Waals surface area contributed by atoms with E-state index in [-0.39, 0.29) is 11.8 Å². The fourth-order valence-corrected chi connectivity index (χ4v) is 3.43. The van der Waals surface area contributed by atoms with Gasteiger partial charge in [0.25, 0.3) is 11.8 Å². The van der Waals surface area contributed by atoms with Crippen LogP contribution in [0.5, 0.6) is 5.75 Å². The molecular formula is C18H21N3O3S. The Kier molecular flexibility index (Phi) is 5.43. The van der Waals surface area contributed by atoms with Crippen LogP contribution in [0.25, 0.3) is 10.9 Å². The molecule has 25 heavy (non-hydrogen) atoms. The zero-order chi connectivity index (χ0) is 17.8.